The Balaban J connectivity index is 2.02. The van der Waals surface area contributed by atoms with Gasteiger partial charge in [-0.05, 0) is 36.8 Å². The van der Waals surface area contributed by atoms with E-state index in [-0.39, 0.29) is 5.91 Å². The molecule has 0 aliphatic heterocycles. The minimum atomic E-state index is -0.0714. The maximum atomic E-state index is 11.0. The molecule has 2 N–H and O–H groups in total. The van der Waals surface area contributed by atoms with Crippen molar-refractivity contribution in [2.75, 3.05) is 17.2 Å². The van der Waals surface area contributed by atoms with E-state index in [9.17, 15) is 4.79 Å². The van der Waals surface area contributed by atoms with E-state index in [1.54, 1.807) is 18.0 Å². The van der Waals surface area contributed by atoms with Crippen molar-refractivity contribution in [2.45, 2.75) is 30.2 Å². The zero-order chi connectivity index (χ0) is 15.1. The smallest absolute Gasteiger partial charge is 0.223 e. The largest absolute Gasteiger partial charge is 0.354 e. The number of nitrogens with zero attached hydrogens (tertiary/aromatic N) is 2. The number of benzene rings is 1. The van der Waals surface area contributed by atoms with Crippen LogP contribution in [-0.4, -0.2) is 22.4 Å². The molecule has 0 spiro atoms. The summed E-state index contributed by atoms with van der Waals surface area (Å²) in [7, 11) is 0. The standard InChI is InChI=1S/C15H18N4OS/c1-3-9-16-15-17-10-8-14(19-15)21-13-6-4-12(5-7-13)18-11(2)20/h4-8,10H,3,9H2,1-2H3,(H,18,20)(H,16,17,19). The summed E-state index contributed by atoms with van der Waals surface area (Å²) in [5.41, 5.74) is 0.792. The molecule has 1 aromatic carbocycles. The predicted octanol–water partition coefficient (Wildman–Crippen LogP) is 3.41. The second-order valence-corrected chi connectivity index (χ2v) is 5.55. The number of anilines is 2. The molecule has 21 heavy (non-hydrogen) atoms. The fourth-order valence-electron chi connectivity index (χ4n) is 1.65. The summed E-state index contributed by atoms with van der Waals surface area (Å²) < 4.78 is 0. The number of amides is 1. The summed E-state index contributed by atoms with van der Waals surface area (Å²) in [6.45, 7) is 4.45. The summed E-state index contributed by atoms with van der Waals surface area (Å²) in [6, 6.07) is 9.54. The van der Waals surface area contributed by atoms with Crippen LogP contribution in [0.5, 0.6) is 0 Å². The van der Waals surface area contributed by atoms with Gasteiger partial charge in [0.15, 0.2) is 0 Å². The molecule has 2 rings (SSSR count). The monoisotopic (exact) mass is 302 g/mol. The third-order valence-electron chi connectivity index (χ3n) is 2.56. The minimum absolute atomic E-state index is 0.0714. The number of hydrogen-bond acceptors (Lipinski definition) is 5. The van der Waals surface area contributed by atoms with E-state index in [4.69, 9.17) is 0 Å². The average molecular weight is 302 g/mol. The number of carbonyl (C=O) groups is 1. The first-order chi connectivity index (χ1) is 10.2. The third-order valence-corrected chi connectivity index (χ3v) is 3.50. The van der Waals surface area contributed by atoms with E-state index in [2.05, 4.69) is 27.5 Å². The van der Waals surface area contributed by atoms with Crippen LogP contribution in [0, 0.1) is 0 Å². The molecule has 0 unspecified atom stereocenters. The van der Waals surface area contributed by atoms with Gasteiger partial charge in [0.05, 0.1) is 0 Å². The van der Waals surface area contributed by atoms with Gasteiger partial charge in [-0.1, -0.05) is 18.7 Å². The molecule has 2 aromatic rings. The van der Waals surface area contributed by atoms with Crippen LogP contribution in [-0.2, 0) is 4.79 Å². The first kappa shape index (κ1) is 15.3. The zero-order valence-electron chi connectivity index (χ0n) is 12.1. The molecule has 0 aliphatic rings. The first-order valence-electron chi connectivity index (χ1n) is 6.80. The van der Waals surface area contributed by atoms with Crippen molar-refractivity contribution in [3.8, 4) is 0 Å². The molecule has 0 saturated heterocycles. The first-order valence-corrected chi connectivity index (χ1v) is 7.61. The SMILES string of the molecule is CCCNc1nccc(Sc2ccc(NC(C)=O)cc2)n1. The predicted molar refractivity (Wildman–Crippen MR) is 85.7 cm³/mol. The maximum Gasteiger partial charge on any atom is 0.223 e. The highest BCUT2D eigenvalue weighted by atomic mass is 32.2. The Morgan fingerprint density at radius 2 is 2.00 bits per heavy atom. The highest BCUT2D eigenvalue weighted by molar-refractivity contribution is 7.99. The lowest BCUT2D eigenvalue weighted by Gasteiger charge is -2.06. The van der Waals surface area contributed by atoms with E-state index in [1.807, 2.05) is 30.3 Å². The second kappa shape index (κ2) is 7.64. The van der Waals surface area contributed by atoms with Gasteiger partial charge in [-0.25, -0.2) is 9.97 Å². The Bertz CT molecular complexity index is 601. The Morgan fingerprint density at radius 1 is 1.24 bits per heavy atom. The van der Waals surface area contributed by atoms with Gasteiger partial charge in [-0.15, -0.1) is 0 Å². The second-order valence-electron chi connectivity index (χ2n) is 4.45. The van der Waals surface area contributed by atoms with E-state index in [0.717, 1.165) is 28.6 Å². The van der Waals surface area contributed by atoms with E-state index < -0.39 is 0 Å². The van der Waals surface area contributed by atoms with Crippen molar-refractivity contribution in [2.24, 2.45) is 0 Å². The fraction of sp³-hybridized carbons (Fsp3) is 0.267. The molecule has 1 heterocycles. The van der Waals surface area contributed by atoms with Crippen LogP contribution >= 0.6 is 11.8 Å². The topological polar surface area (TPSA) is 66.9 Å². The van der Waals surface area contributed by atoms with Crippen LogP contribution in [0.3, 0.4) is 0 Å². The van der Waals surface area contributed by atoms with Crippen molar-refractivity contribution < 1.29 is 4.79 Å². The molecular formula is C15H18N4OS. The minimum Gasteiger partial charge on any atom is -0.354 e. The number of hydrogen-bond donors (Lipinski definition) is 2. The van der Waals surface area contributed by atoms with Gasteiger partial charge in [0, 0.05) is 30.2 Å². The van der Waals surface area contributed by atoms with E-state index in [0.29, 0.717) is 5.95 Å². The van der Waals surface area contributed by atoms with Crippen molar-refractivity contribution in [3.63, 3.8) is 0 Å². The zero-order valence-corrected chi connectivity index (χ0v) is 12.9. The number of nitrogens with one attached hydrogen (secondary N) is 2. The van der Waals surface area contributed by atoms with Gasteiger partial charge in [0.2, 0.25) is 11.9 Å². The van der Waals surface area contributed by atoms with Crippen molar-refractivity contribution in [3.05, 3.63) is 36.5 Å². The number of rotatable bonds is 6. The van der Waals surface area contributed by atoms with Crippen molar-refractivity contribution in [1.82, 2.24) is 9.97 Å². The molecule has 0 aliphatic carbocycles. The van der Waals surface area contributed by atoms with Crippen LogP contribution in [0.1, 0.15) is 20.3 Å². The molecule has 5 nitrogen and oxygen atoms in total. The molecule has 1 amide bonds. The lowest BCUT2D eigenvalue weighted by molar-refractivity contribution is -0.114. The lowest BCUT2D eigenvalue weighted by atomic mass is 10.3. The number of carbonyl (C=O) groups excluding carboxylic acids is 1. The summed E-state index contributed by atoms with van der Waals surface area (Å²) in [5, 5.41) is 6.80. The van der Waals surface area contributed by atoms with Crippen molar-refractivity contribution >= 4 is 29.3 Å². The van der Waals surface area contributed by atoms with Crippen molar-refractivity contribution in [1.29, 1.82) is 0 Å². The molecule has 0 fully saturated rings. The summed E-state index contributed by atoms with van der Waals surface area (Å²) in [5.74, 6) is 0.578. The highest BCUT2D eigenvalue weighted by Gasteiger charge is 2.02. The fourth-order valence-corrected chi connectivity index (χ4v) is 2.43. The molecule has 110 valence electrons. The van der Waals surface area contributed by atoms with E-state index in [1.165, 1.54) is 6.92 Å². The highest BCUT2D eigenvalue weighted by Crippen LogP contribution is 2.27. The third kappa shape index (κ3) is 5.07. The molecule has 6 heteroatoms. The van der Waals surface area contributed by atoms with Gasteiger partial charge in [0.1, 0.15) is 5.03 Å². The van der Waals surface area contributed by atoms with Crippen LogP contribution in [0.4, 0.5) is 11.6 Å². The molecule has 0 radical (unpaired) electrons. The summed E-state index contributed by atoms with van der Waals surface area (Å²) in [6.07, 6.45) is 2.78. The van der Waals surface area contributed by atoms with Gasteiger partial charge in [0.25, 0.3) is 0 Å². The van der Waals surface area contributed by atoms with Crippen LogP contribution in [0.2, 0.25) is 0 Å². The van der Waals surface area contributed by atoms with Gasteiger partial charge < -0.3 is 10.6 Å². The van der Waals surface area contributed by atoms with Gasteiger partial charge in [-0.2, -0.15) is 0 Å². The average Bonchev–Trinajstić information content (AvgIpc) is 2.47. The van der Waals surface area contributed by atoms with Crippen LogP contribution < -0.4 is 10.6 Å². The van der Waals surface area contributed by atoms with Crippen LogP contribution in [0.15, 0.2) is 46.5 Å². The summed E-state index contributed by atoms with van der Waals surface area (Å²) >= 11 is 1.56. The maximum absolute atomic E-state index is 11.0. The van der Waals surface area contributed by atoms with Gasteiger partial charge >= 0.3 is 0 Å². The molecule has 0 atom stereocenters. The Kier molecular flexibility index (Phi) is 5.57. The molecule has 1 aromatic heterocycles. The lowest BCUT2D eigenvalue weighted by Crippen LogP contribution is -2.05. The quantitative estimate of drug-likeness (QED) is 0.800. The molecule has 0 bridgehead atoms. The van der Waals surface area contributed by atoms with E-state index >= 15 is 0 Å². The van der Waals surface area contributed by atoms with Gasteiger partial charge in [-0.3, -0.25) is 4.79 Å². The Morgan fingerprint density at radius 3 is 2.67 bits per heavy atom. The Hall–Kier alpha value is -2.08. The molecular weight excluding hydrogens is 284 g/mol. The normalized spacial score (nSPS) is 10.2. The number of aromatic nitrogens is 2. The van der Waals surface area contributed by atoms with Crippen LogP contribution in [0.25, 0.3) is 0 Å². The summed E-state index contributed by atoms with van der Waals surface area (Å²) in [4.78, 5) is 20.7. The molecule has 0 saturated carbocycles. The Labute approximate surface area is 128 Å².